The summed E-state index contributed by atoms with van der Waals surface area (Å²) in [6.07, 6.45) is 1.05. The van der Waals surface area contributed by atoms with Crippen LogP contribution in [-0.2, 0) is 11.2 Å². The van der Waals surface area contributed by atoms with Gasteiger partial charge in [-0.1, -0.05) is 42.0 Å². The fourth-order valence-corrected chi connectivity index (χ4v) is 3.13. The van der Waals surface area contributed by atoms with Gasteiger partial charge in [0.25, 0.3) is 0 Å². The minimum Gasteiger partial charge on any atom is -0.377 e. The molecular weight excluding hydrogens is 312 g/mol. The minimum atomic E-state index is -0.0256. The Hall–Kier alpha value is -2.33. The van der Waals surface area contributed by atoms with Gasteiger partial charge in [-0.25, -0.2) is 4.79 Å². The van der Waals surface area contributed by atoms with E-state index in [2.05, 4.69) is 36.5 Å². The predicted octanol–water partition coefficient (Wildman–Crippen LogP) is 4.41. The highest BCUT2D eigenvalue weighted by atomic mass is 16.5. The number of nitrogens with one attached hydrogen (secondary N) is 1. The molecule has 25 heavy (non-hydrogen) atoms. The SMILES string of the molecule is COC(C)c1cccc(NC(=O)N2CC(Cc3ccc(C)cc3)C2)c1. The number of nitrogens with zero attached hydrogens (tertiary/aromatic N) is 1. The molecule has 1 atom stereocenters. The lowest BCUT2D eigenvalue weighted by molar-refractivity contribution is 0.119. The summed E-state index contributed by atoms with van der Waals surface area (Å²) >= 11 is 0. The van der Waals surface area contributed by atoms with Gasteiger partial charge in [0.2, 0.25) is 0 Å². The number of hydrogen-bond donors (Lipinski definition) is 1. The number of rotatable bonds is 5. The number of methoxy groups -OCH3 is 1. The maximum absolute atomic E-state index is 12.4. The van der Waals surface area contributed by atoms with Crippen LogP contribution in [0.15, 0.2) is 48.5 Å². The van der Waals surface area contributed by atoms with Crippen molar-refractivity contribution in [1.29, 1.82) is 0 Å². The molecule has 1 saturated heterocycles. The summed E-state index contributed by atoms with van der Waals surface area (Å²) in [6, 6.07) is 16.5. The Morgan fingerprint density at radius 1 is 1.24 bits per heavy atom. The predicted molar refractivity (Wildman–Crippen MR) is 101 cm³/mol. The molecule has 1 unspecified atom stereocenters. The molecule has 4 heteroatoms. The first kappa shape index (κ1) is 17.5. The summed E-state index contributed by atoms with van der Waals surface area (Å²) in [4.78, 5) is 14.2. The number of ether oxygens (including phenoxy) is 1. The Kier molecular flexibility index (Phi) is 5.39. The van der Waals surface area contributed by atoms with E-state index in [1.165, 1.54) is 11.1 Å². The third-order valence-electron chi connectivity index (χ3n) is 4.85. The second-order valence-electron chi connectivity index (χ2n) is 6.89. The molecule has 2 amide bonds. The molecule has 0 aliphatic carbocycles. The van der Waals surface area contributed by atoms with E-state index >= 15 is 0 Å². The van der Waals surface area contributed by atoms with Crippen molar-refractivity contribution >= 4 is 11.7 Å². The van der Waals surface area contributed by atoms with Crippen molar-refractivity contribution in [3.05, 3.63) is 65.2 Å². The van der Waals surface area contributed by atoms with Crippen molar-refractivity contribution < 1.29 is 9.53 Å². The molecule has 0 spiro atoms. The molecule has 0 aromatic heterocycles. The average Bonchev–Trinajstić information content (AvgIpc) is 2.58. The molecule has 1 N–H and O–H groups in total. The minimum absolute atomic E-state index is 0.0137. The van der Waals surface area contributed by atoms with Crippen LogP contribution in [-0.4, -0.2) is 31.1 Å². The Balaban J connectivity index is 1.50. The first-order valence-corrected chi connectivity index (χ1v) is 8.79. The third kappa shape index (κ3) is 4.40. The quantitative estimate of drug-likeness (QED) is 0.877. The fraction of sp³-hybridized carbons (Fsp3) is 0.381. The van der Waals surface area contributed by atoms with E-state index in [1.807, 2.05) is 36.1 Å². The van der Waals surface area contributed by atoms with Crippen molar-refractivity contribution in [2.45, 2.75) is 26.4 Å². The number of amides is 2. The molecule has 2 aromatic rings. The number of anilines is 1. The van der Waals surface area contributed by atoms with Crippen molar-refractivity contribution in [3.63, 3.8) is 0 Å². The van der Waals surface area contributed by atoms with Crippen molar-refractivity contribution in [1.82, 2.24) is 4.90 Å². The second kappa shape index (κ2) is 7.70. The summed E-state index contributed by atoms with van der Waals surface area (Å²) in [5, 5.41) is 2.99. The first-order chi connectivity index (χ1) is 12.0. The molecule has 1 fully saturated rings. The molecule has 1 aliphatic heterocycles. The van der Waals surface area contributed by atoms with Gasteiger partial charge in [-0.3, -0.25) is 0 Å². The number of aryl methyl sites for hydroxylation is 1. The van der Waals surface area contributed by atoms with Crippen LogP contribution in [0.4, 0.5) is 10.5 Å². The average molecular weight is 338 g/mol. The molecule has 0 bridgehead atoms. The monoisotopic (exact) mass is 338 g/mol. The highest BCUT2D eigenvalue weighted by molar-refractivity contribution is 5.89. The van der Waals surface area contributed by atoms with Crippen molar-refractivity contribution in [3.8, 4) is 0 Å². The van der Waals surface area contributed by atoms with E-state index in [-0.39, 0.29) is 12.1 Å². The first-order valence-electron chi connectivity index (χ1n) is 8.79. The van der Waals surface area contributed by atoms with Gasteiger partial charge in [0.1, 0.15) is 0 Å². The number of benzene rings is 2. The molecule has 132 valence electrons. The topological polar surface area (TPSA) is 41.6 Å². The van der Waals surface area contributed by atoms with Gasteiger partial charge >= 0.3 is 6.03 Å². The van der Waals surface area contributed by atoms with Gasteiger partial charge < -0.3 is 15.0 Å². The van der Waals surface area contributed by atoms with E-state index in [1.54, 1.807) is 7.11 Å². The van der Waals surface area contributed by atoms with Crippen LogP contribution in [0.5, 0.6) is 0 Å². The van der Waals surface area contributed by atoms with Gasteiger partial charge in [-0.2, -0.15) is 0 Å². The van der Waals surface area contributed by atoms with Crippen LogP contribution in [0.1, 0.15) is 29.7 Å². The van der Waals surface area contributed by atoms with E-state index in [4.69, 9.17) is 4.74 Å². The molecule has 1 heterocycles. The van der Waals surface area contributed by atoms with Crippen molar-refractivity contribution in [2.75, 3.05) is 25.5 Å². The van der Waals surface area contributed by atoms with Crippen LogP contribution < -0.4 is 5.32 Å². The van der Waals surface area contributed by atoms with Gasteiger partial charge in [0.15, 0.2) is 0 Å². The van der Waals surface area contributed by atoms with Gasteiger partial charge in [-0.15, -0.1) is 0 Å². The lowest BCUT2D eigenvalue weighted by atomic mass is 9.92. The van der Waals surface area contributed by atoms with Crippen LogP contribution in [0.3, 0.4) is 0 Å². The number of hydrogen-bond acceptors (Lipinski definition) is 2. The summed E-state index contributed by atoms with van der Waals surface area (Å²) in [5.74, 6) is 0.549. The molecular formula is C21H26N2O2. The highest BCUT2D eigenvalue weighted by Gasteiger charge is 2.30. The molecule has 0 radical (unpaired) electrons. The molecule has 3 rings (SSSR count). The Morgan fingerprint density at radius 2 is 1.96 bits per heavy atom. The van der Waals surface area contributed by atoms with Crippen molar-refractivity contribution in [2.24, 2.45) is 5.92 Å². The summed E-state index contributed by atoms with van der Waals surface area (Å²) in [7, 11) is 1.68. The van der Waals surface area contributed by atoms with Gasteiger partial charge in [0.05, 0.1) is 6.10 Å². The Morgan fingerprint density at radius 3 is 2.64 bits per heavy atom. The Labute approximate surface area is 149 Å². The van der Waals surface area contributed by atoms with Crippen LogP contribution in [0, 0.1) is 12.8 Å². The number of likely N-dealkylation sites (tertiary alicyclic amines) is 1. The summed E-state index contributed by atoms with van der Waals surface area (Å²) in [6.45, 7) is 5.72. The maximum atomic E-state index is 12.4. The van der Waals surface area contributed by atoms with E-state index < -0.39 is 0 Å². The smallest absolute Gasteiger partial charge is 0.321 e. The summed E-state index contributed by atoms with van der Waals surface area (Å²) < 4.78 is 5.33. The molecule has 2 aromatic carbocycles. The number of urea groups is 1. The highest BCUT2D eigenvalue weighted by Crippen LogP contribution is 2.23. The van der Waals surface area contributed by atoms with Gasteiger partial charge in [0, 0.05) is 25.9 Å². The molecule has 0 saturated carbocycles. The van der Waals surface area contributed by atoms with Gasteiger partial charge in [-0.05, 0) is 49.4 Å². The third-order valence-corrected chi connectivity index (χ3v) is 4.85. The zero-order valence-electron chi connectivity index (χ0n) is 15.2. The lowest BCUT2D eigenvalue weighted by Crippen LogP contribution is -2.52. The van der Waals surface area contributed by atoms with E-state index in [0.717, 1.165) is 30.8 Å². The maximum Gasteiger partial charge on any atom is 0.321 e. The molecule has 1 aliphatic rings. The standard InChI is InChI=1S/C21H26N2O2/c1-15-7-9-17(10-8-15)11-18-13-23(14-18)21(24)22-20-6-4-5-19(12-20)16(2)25-3/h4-10,12,16,18H,11,13-14H2,1-3H3,(H,22,24). The second-order valence-corrected chi connectivity index (χ2v) is 6.89. The lowest BCUT2D eigenvalue weighted by Gasteiger charge is -2.39. The number of carbonyl (C=O) groups is 1. The Bertz CT molecular complexity index is 721. The summed E-state index contributed by atoms with van der Waals surface area (Å²) in [5.41, 5.74) is 4.50. The fourth-order valence-electron chi connectivity index (χ4n) is 3.13. The number of carbonyl (C=O) groups excluding carboxylic acids is 1. The van der Waals surface area contributed by atoms with Crippen LogP contribution in [0.2, 0.25) is 0 Å². The van der Waals surface area contributed by atoms with Crippen LogP contribution in [0.25, 0.3) is 0 Å². The zero-order valence-corrected chi connectivity index (χ0v) is 15.2. The zero-order chi connectivity index (χ0) is 17.8. The van der Waals surface area contributed by atoms with Crippen LogP contribution >= 0.6 is 0 Å². The van der Waals surface area contributed by atoms with E-state index in [0.29, 0.717) is 5.92 Å². The normalized spacial score (nSPS) is 15.6. The largest absolute Gasteiger partial charge is 0.377 e. The molecule has 4 nitrogen and oxygen atoms in total. The van der Waals surface area contributed by atoms with E-state index in [9.17, 15) is 4.79 Å².